The monoisotopic (exact) mass is 140 g/mol. The molecule has 0 aliphatic heterocycles. The molecule has 0 bridgehead atoms. The first-order valence-corrected chi connectivity index (χ1v) is 2.33. The lowest BCUT2D eigenvalue weighted by Gasteiger charge is -1.88. The molecule has 1 heterocycles. The summed E-state index contributed by atoms with van der Waals surface area (Å²) in [4.78, 5) is 10.3. The average molecular weight is 140 g/mol. The Kier molecular flexibility index (Phi) is 1.40. The number of nitrogens with two attached hydrogens (primary N) is 2. The van der Waals surface area contributed by atoms with Gasteiger partial charge in [0.2, 0.25) is 0 Å². The Morgan fingerprint density at radius 2 is 1.70 bits per heavy atom. The summed E-state index contributed by atoms with van der Waals surface area (Å²) in [5.74, 6) is -1.11. The fourth-order valence-corrected chi connectivity index (χ4v) is 0.336. The van der Waals surface area contributed by atoms with Crippen LogP contribution < -0.4 is 11.5 Å². The van der Waals surface area contributed by atoms with Crippen LogP contribution in [0.5, 0.6) is 0 Å². The fourth-order valence-electron chi connectivity index (χ4n) is 0.336. The van der Waals surface area contributed by atoms with Gasteiger partial charge in [-0.25, -0.2) is 0 Å². The highest BCUT2D eigenvalue weighted by atomic mass is 16.1. The molecular weight excluding hydrogens is 136 g/mol. The first-order valence-electron chi connectivity index (χ1n) is 2.33. The molecule has 0 radical (unpaired) electrons. The van der Waals surface area contributed by atoms with E-state index in [4.69, 9.17) is 11.5 Å². The molecule has 52 valence electrons. The highest BCUT2D eigenvalue weighted by Crippen LogP contribution is 1.83. The fraction of sp³-hybridized carbons (Fsp3) is 0. The van der Waals surface area contributed by atoms with Crippen LogP contribution >= 0.6 is 0 Å². The second-order valence-corrected chi connectivity index (χ2v) is 1.45. The highest BCUT2D eigenvalue weighted by Gasteiger charge is 2.03. The largest absolute Gasteiger partial charge is 0.365 e. The molecule has 0 aliphatic rings. The minimum absolute atomic E-state index is 0.0926. The van der Waals surface area contributed by atoms with Crippen molar-refractivity contribution in [2.45, 2.75) is 0 Å². The Labute approximate surface area is 55.5 Å². The SMILES string of the molecule is NC(=O)c1nnc(N)nn1. The second kappa shape index (κ2) is 2.21. The lowest BCUT2D eigenvalue weighted by molar-refractivity contribution is 0.0988. The van der Waals surface area contributed by atoms with Gasteiger partial charge in [-0.15, -0.1) is 20.4 Å². The molecule has 7 heteroatoms. The number of carbonyl (C=O) groups excluding carboxylic acids is 1. The summed E-state index contributed by atoms with van der Waals surface area (Å²) in [7, 11) is 0. The molecule has 0 atom stereocenters. The number of nitrogen functional groups attached to an aromatic ring is 1. The first kappa shape index (κ1) is 6.33. The maximum Gasteiger partial charge on any atom is 0.290 e. The number of primary amides is 1. The van der Waals surface area contributed by atoms with Crippen LogP contribution in [-0.2, 0) is 0 Å². The van der Waals surface area contributed by atoms with Crippen LogP contribution in [0.1, 0.15) is 10.6 Å². The number of carbonyl (C=O) groups is 1. The minimum atomic E-state index is -0.778. The van der Waals surface area contributed by atoms with E-state index in [0.29, 0.717) is 0 Å². The molecule has 0 saturated carbocycles. The van der Waals surface area contributed by atoms with Crippen LogP contribution in [0.2, 0.25) is 0 Å². The topological polar surface area (TPSA) is 121 Å². The predicted octanol–water partition coefficient (Wildman–Crippen LogP) is -2.05. The molecule has 4 N–H and O–H groups in total. The van der Waals surface area contributed by atoms with E-state index in [2.05, 4.69) is 20.4 Å². The van der Waals surface area contributed by atoms with E-state index in [9.17, 15) is 4.79 Å². The third-order valence-electron chi connectivity index (χ3n) is 0.715. The summed E-state index contributed by atoms with van der Waals surface area (Å²) in [5.41, 5.74) is 9.81. The zero-order valence-electron chi connectivity index (χ0n) is 4.85. The molecule has 1 amide bonds. The Morgan fingerprint density at radius 3 is 2.10 bits per heavy atom. The van der Waals surface area contributed by atoms with Gasteiger partial charge in [-0.2, -0.15) is 0 Å². The van der Waals surface area contributed by atoms with Crippen LogP contribution in [0.25, 0.3) is 0 Å². The third-order valence-corrected chi connectivity index (χ3v) is 0.715. The van der Waals surface area contributed by atoms with E-state index >= 15 is 0 Å². The predicted molar refractivity (Wildman–Crippen MR) is 30.6 cm³/mol. The van der Waals surface area contributed by atoms with Gasteiger partial charge < -0.3 is 11.5 Å². The van der Waals surface area contributed by atoms with Gasteiger partial charge in [-0.1, -0.05) is 0 Å². The summed E-state index contributed by atoms with van der Waals surface area (Å²) in [5, 5.41) is 13.0. The van der Waals surface area contributed by atoms with Gasteiger partial charge in [0.1, 0.15) is 0 Å². The highest BCUT2D eigenvalue weighted by molar-refractivity contribution is 5.88. The van der Waals surface area contributed by atoms with Gasteiger partial charge in [0, 0.05) is 0 Å². The van der Waals surface area contributed by atoms with Crippen LogP contribution in [0.15, 0.2) is 0 Å². The zero-order chi connectivity index (χ0) is 7.56. The summed E-state index contributed by atoms with van der Waals surface area (Å²) < 4.78 is 0. The molecule has 0 aliphatic carbocycles. The number of nitrogens with zero attached hydrogens (tertiary/aromatic N) is 4. The van der Waals surface area contributed by atoms with E-state index in [1.165, 1.54) is 0 Å². The zero-order valence-corrected chi connectivity index (χ0v) is 4.85. The lowest BCUT2D eigenvalue weighted by atomic mass is 10.6. The Bertz CT molecular complexity index is 242. The van der Waals surface area contributed by atoms with Gasteiger partial charge in [0.05, 0.1) is 0 Å². The molecule has 7 nitrogen and oxygen atoms in total. The summed E-state index contributed by atoms with van der Waals surface area (Å²) >= 11 is 0. The number of aromatic nitrogens is 4. The summed E-state index contributed by atoms with van der Waals surface area (Å²) in [6.07, 6.45) is 0. The maximum absolute atomic E-state index is 10.3. The number of hydrogen-bond donors (Lipinski definition) is 2. The van der Waals surface area contributed by atoms with Crippen molar-refractivity contribution in [1.82, 2.24) is 20.4 Å². The molecule has 1 rings (SSSR count). The number of rotatable bonds is 1. The minimum Gasteiger partial charge on any atom is -0.365 e. The molecule has 0 aromatic carbocycles. The third kappa shape index (κ3) is 1.13. The average Bonchev–Trinajstić information content (AvgIpc) is 1.88. The number of anilines is 1. The van der Waals surface area contributed by atoms with E-state index in [0.717, 1.165) is 0 Å². The van der Waals surface area contributed by atoms with Crippen molar-refractivity contribution in [3.05, 3.63) is 5.82 Å². The van der Waals surface area contributed by atoms with Crippen LogP contribution in [0.3, 0.4) is 0 Å². The van der Waals surface area contributed by atoms with E-state index in [1.807, 2.05) is 0 Å². The smallest absolute Gasteiger partial charge is 0.290 e. The van der Waals surface area contributed by atoms with Crippen LogP contribution in [-0.4, -0.2) is 26.3 Å². The number of amides is 1. The van der Waals surface area contributed by atoms with Crippen molar-refractivity contribution >= 4 is 11.9 Å². The van der Waals surface area contributed by atoms with Crippen molar-refractivity contribution < 1.29 is 4.79 Å². The Morgan fingerprint density at radius 1 is 1.20 bits per heavy atom. The summed E-state index contributed by atoms with van der Waals surface area (Å²) in [6.45, 7) is 0. The Balaban J connectivity index is 3.00. The van der Waals surface area contributed by atoms with E-state index in [-0.39, 0.29) is 11.8 Å². The standard InChI is InChI=1S/C3H4N6O/c4-1(10)2-6-8-3(5)9-7-2/h(H2,4,10)(H2,5,8,9). The van der Waals surface area contributed by atoms with Crippen molar-refractivity contribution in [2.24, 2.45) is 5.73 Å². The van der Waals surface area contributed by atoms with Gasteiger partial charge in [-0.3, -0.25) is 4.79 Å². The lowest BCUT2D eigenvalue weighted by Crippen LogP contribution is -2.17. The molecule has 0 unspecified atom stereocenters. The van der Waals surface area contributed by atoms with Crippen LogP contribution in [0, 0.1) is 0 Å². The number of hydrogen-bond acceptors (Lipinski definition) is 6. The maximum atomic E-state index is 10.3. The molecule has 10 heavy (non-hydrogen) atoms. The van der Waals surface area contributed by atoms with E-state index < -0.39 is 5.91 Å². The van der Waals surface area contributed by atoms with Crippen LogP contribution in [0.4, 0.5) is 5.95 Å². The molecule has 0 spiro atoms. The Hall–Kier alpha value is -1.79. The second-order valence-electron chi connectivity index (χ2n) is 1.45. The van der Waals surface area contributed by atoms with Crippen molar-refractivity contribution in [2.75, 3.05) is 5.73 Å². The molecule has 0 fully saturated rings. The van der Waals surface area contributed by atoms with Crippen molar-refractivity contribution in [3.8, 4) is 0 Å². The molecular formula is C3H4N6O. The van der Waals surface area contributed by atoms with Crippen molar-refractivity contribution in [3.63, 3.8) is 0 Å². The van der Waals surface area contributed by atoms with Gasteiger partial charge in [0.25, 0.3) is 17.7 Å². The summed E-state index contributed by atoms with van der Waals surface area (Å²) in [6, 6.07) is 0. The normalized spacial score (nSPS) is 9.20. The van der Waals surface area contributed by atoms with Gasteiger partial charge in [0.15, 0.2) is 0 Å². The molecule has 0 saturated heterocycles. The first-order chi connectivity index (χ1) is 4.70. The molecule has 1 aromatic heterocycles. The van der Waals surface area contributed by atoms with Gasteiger partial charge >= 0.3 is 0 Å². The molecule has 1 aromatic rings. The van der Waals surface area contributed by atoms with E-state index in [1.54, 1.807) is 0 Å². The van der Waals surface area contributed by atoms with Crippen molar-refractivity contribution in [1.29, 1.82) is 0 Å². The quantitative estimate of drug-likeness (QED) is 0.463. The van der Waals surface area contributed by atoms with Gasteiger partial charge in [-0.05, 0) is 0 Å².